The van der Waals surface area contributed by atoms with Crippen molar-refractivity contribution in [1.82, 2.24) is 4.90 Å². The van der Waals surface area contributed by atoms with E-state index in [0.717, 1.165) is 24.0 Å². The molecule has 1 aliphatic rings. The molecule has 0 radical (unpaired) electrons. The van der Waals surface area contributed by atoms with E-state index in [9.17, 15) is 0 Å². The van der Waals surface area contributed by atoms with Crippen LogP contribution in [0, 0.1) is 5.92 Å². The molecule has 0 N–H and O–H groups in total. The maximum Gasteiger partial charge on any atom is 0.0227 e. The lowest BCUT2D eigenvalue weighted by Gasteiger charge is -2.17. The lowest BCUT2D eigenvalue weighted by Crippen LogP contribution is -2.23. The molecule has 0 aromatic rings. The van der Waals surface area contributed by atoms with Gasteiger partial charge in [0.25, 0.3) is 0 Å². The minimum absolute atomic E-state index is 0.769. The molecule has 10 heavy (non-hydrogen) atoms. The van der Waals surface area contributed by atoms with Gasteiger partial charge in [-0.2, -0.15) is 0 Å². The number of hydrogen-bond acceptors (Lipinski definition) is 1. The smallest absolute Gasteiger partial charge is 0.0227 e. The fourth-order valence-electron chi connectivity index (χ4n) is 1.62. The molecule has 0 aromatic carbocycles. The molecule has 2 unspecified atom stereocenters. The minimum Gasteiger partial charge on any atom is -0.292 e. The number of nitrogens with zero attached hydrogens (tertiary/aromatic N) is 1. The van der Waals surface area contributed by atoms with E-state index < -0.39 is 0 Å². The molecular formula is C9H19N. The molecule has 0 saturated carbocycles. The maximum absolute atomic E-state index is 2.57. The Bertz CT molecular complexity index is 105. The van der Waals surface area contributed by atoms with Gasteiger partial charge in [0.15, 0.2) is 0 Å². The third-order valence-electron chi connectivity index (χ3n) is 2.98. The first-order valence-corrected chi connectivity index (χ1v) is 4.33. The van der Waals surface area contributed by atoms with Crippen LogP contribution in [-0.2, 0) is 0 Å². The Morgan fingerprint density at radius 1 is 1.00 bits per heavy atom. The van der Waals surface area contributed by atoms with Gasteiger partial charge >= 0.3 is 0 Å². The van der Waals surface area contributed by atoms with E-state index in [1.54, 1.807) is 0 Å². The number of hydrogen-bond donors (Lipinski definition) is 0. The van der Waals surface area contributed by atoms with E-state index in [0.29, 0.717) is 0 Å². The van der Waals surface area contributed by atoms with Crippen LogP contribution in [0.4, 0.5) is 0 Å². The van der Waals surface area contributed by atoms with Crippen molar-refractivity contribution in [3.8, 4) is 0 Å². The van der Waals surface area contributed by atoms with Crippen molar-refractivity contribution in [1.29, 1.82) is 0 Å². The van der Waals surface area contributed by atoms with Gasteiger partial charge in [-0.05, 0) is 26.7 Å². The molecule has 1 nitrogen and oxygen atoms in total. The topological polar surface area (TPSA) is 3.01 Å². The standard InChI is InChI=1S/C9H19N/c1-6(2)7(3)10-8(4)9(10)5/h6-9H,1-5H3/t7-,8?,9?,10?/m1/s1. The number of rotatable bonds is 2. The van der Waals surface area contributed by atoms with Crippen molar-refractivity contribution >= 4 is 0 Å². The van der Waals surface area contributed by atoms with Gasteiger partial charge in [-0.15, -0.1) is 0 Å². The Labute approximate surface area is 64.4 Å². The van der Waals surface area contributed by atoms with Crippen LogP contribution in [0.25, 0.3) is 0 Å². The van der Waals surface area contributed by atoms with Crippen molar-refractivity contribution in [2.75, 3.05) is 0 Å². The van der Waals surface area contributed by atoms with Gasteiger partial charge < -0.3 is 0 Å². The summed E-state index contributed by atoms with van der Waals surface area (Å²) in [5, 5.41) is 0. The molecule has 1 heteroatoms. The van der Waals surface area contributed by atoms with E-state index in [1.165, 1.54) is 0 Å². The SMILES string of the molecule is CC(C)[C@@H](C)N1C(C)C1C. The molecule has 0 spiro atoms. The van der Waals surface area contributed by atoms with Crippen molar-refractivity contribution in [2.24, 2.45) is 5.92 Å². The van der Waals surface area contributed by atoms with Gasteiger partial charge in [-0.3, -0.25) is 4.90 Å². The molecule has 0 aliphatic carbocycles. The van der Waals surface area contributed by atoms with Crippen LogP contribution in [-0.4, -0.2) is 23.0 Å². The molecule has 1 saturated heterocycles. The first kappa shape index (κ1) is 8.06. The fourth-order valence-corrected chi connectivity index (χ4v) is 1.62. The van der Waals surface area contributed by atoms with Crippen LogP contribution in [0.2, 0.25) is 0 Å². The summed E-state index contributed by atoms with van der Waals surface area (Å²) in [6, 6.07) is 2.43. The molecule has 0 amide bonds. The fraction of sp³-hybridized carbons (Fsp3) is 1.00. The van der Waals surface area contributed by atoms with E-state index in [4.69, 9.17) is 0 Å². The lowest BCUT2D eigenvalue weighted by molar-refractivity contribution is 0.303. The third-order valence-corrected chi connectivity index (χ3v) is 2.98. The zero-order valence-corrected chi connectivity index (χ0v) is 7.76. The highest BCUT2D eigenvalue weighted by Crippen LogP contribution is 2.32. The predicted molar refractivity (Wildman–Crippen MR) is 45.1 cm³/mol. The summed E-state index contributed by atoms with van der Waals surface area (Å²) in [6.07, 6.45) is 0. The van der Waals surface area contributed by atoms with E-state index in [2.05, 4.69) is 39.5 Å². The molecular weight excluding hydrogens is 122 g/mol. The summed E-state index contributed by atoms with van der Waals surface area (Å²) in [7, 11) is 0. The third kappa shape index (κ3) is 1.20. The molecule has 1 rings (SSSR count). The van der Waals surface area contributed by atoms with Crippen LogP contribution in [0.3, 0.4) is 0 Å². The lowest BCUT2D eigenvalue weighted by atomic mass is 10.1. The van der Waals surface area contributed by atoms with Gasteiger partial charge in [0.05, 0.1) is 0 Å². The van der Waals surface area contributed by atoms with Crippen molar-refractivity contribution in [3.05, 3.63) is 0 Å². The quantitative estimate of drug-likeness (QED) is 0.532. The predicted octanol–water partition coefficient (Wildman–Crippen LogP) is 2.12. The van der Waals surface area contributed by atoms with E-state index in [-0.39, 0.29) is 0 Å². The van der Waals surface area contributed by atoms with E-state index in [1.807, 2.05) is 0 Å². The van der Waals surface area contributed by atoms with Crippen molar-refractivity contribution in [3.63, 3.8) is 0 Å². The summed E-state index contributed by atoms with van der Waals surface area (Å²) in [5.74, 6) is 0.799. The highest BCUT2D eigenvalue weighted by Gasteiger charge is 2.43. The Morgan fingerprint density at radius 3 is 1.50 bits per heavy atom. The maximum atomic E-state index is 2.57. The second kappa shape index (κ2) is 2.54. The summed E-state index contributed by atoms with van der Waals surface area (Å²) < 4.78 is 0. The van der Waals surface area contributed by atoms with Gasteiger partial charge in [0, 0.05) is 18.1 Å². The average Bonchev–Trinajstić information content (AvgIpc) is 2.40. The largest absolute Gasteiger partial charge is 0.292 e. The van der Waals surface area contributed by atoms with Crippen LogP contribution < -0.4 is 0 Å². The highest BCUT2D eigenvalue weighted by atomic mass is 15.4. The summed E-state index contributed by atoms with van der Waals surface area (Å²) in [4.78, 5) is 2.57. The Balaban J connectivity index is 2.38. The molecule has 0 aromatic heterocycles. The summed E-state index contributed by atoms with van der Waals surface area (Å²) >= 11 is 0. The first-order chi connectivity index (χ1) is 4.55. The minimum atomic E-state index is 0.769. The van der Waals surface area contributed by atoms with Crippen LogP contribution in [0.15, 0.2) is 0 Å². The zero-order chi connectivity index (χ0) is 7.89. The molecule has 1 fully saturated rings. The zero-order valence-electron chi connectivity index (χ0n) is 7.76. The van der Waals surface area contributed by atoms with E-state index >= 15 is 0 Å². The molecule has 1 heterocycles. The second-order valence-electron chi connectivity index (χ2n) is 3.91. The van der Waals surface area contributed by atoms with Crippen LogP contribution >= 0.6 is 0 Å². The van der Waals surface area contributed by atoms with Crippen molar-refractivity contribution in [2.45, 2.75) is 52.7 Å². The molecule has 1 aliphatic heterocycles. The Kier molecular flexibility index (Phi) is 2.04. The van der Waals surface area contributed by atoms with Crippen molar-refractivity contribution < 1.29 is 0 Å². The Morgan fingerprint density at radius 2 is 1.40 bits per heavy atom. The normalized spacial score (nSPS) is 42.0. The van der Waals surface area contributed by atoms with Crippen LogP contribution in [0.5, 0.6) is 0 Å². The van der Waals surface area contributed by atoms with Gasteiger partial charge in [-0.25, -0.2) is 0 Å². The van der Waals surface area contributed by atoms with Gasteiger partial charge in [0.2, 0.25) is 0 Å². The molecule has 3 atom stereocenters. The highest BCUT2D eigenvalue weighted by molar-refractivity contribution is 4.99. The monoisotopic (exact) mass is 141 g/mol. The molecule has 0 bridgehead atoms. The van der Waals surface area contributed by atoms with Gasteiger partial charge in [-0.1, -0.05) is 13.8 Å². The van der Waals surface area contributed by atoms with Gasteiger partial charge in [0.1, 0.15) is 0 Å². The Hall–Kier alpha value is -0.0400. The average molecular weight is 141 g/mol. The first-order valence-electron chi connectivity index (χ1n) is 4.33. The molecule has 60 valence electrons. The summed E-state index contributed by atoms with van der Waals surface area (Å²) in [5.41, 5.74) is 0. The van der Waals surface area contributed by atoms with Crippen LogP contribution in [0.1, 0.15) is 34.6 Å². The second-order valence-corrected chi connectivity index (χ2v) is 3.91. The summed E-state index contributed by atoms with van der Waals surface area (Å²) in [6.45, 7) is 11.5.